The number of carboxylic acids is 1. The minimum atomic E-state index is -1.26. The number of carboxylic acid groups (broad SMARTS) is 1. The lowest BCUT2D eigenvalue weighted by molar-refractivity contribution is -0.255. The first-order valence-electron chi connectivity index (χ1n) is 10.2. The number of hydrogen-bond acceptors (Lipinski definition) is 7. The Morgan fingerprint density at radius 3 is 2.31 bits per heavy atom. The van der Waals surface area contributed by atoms with Crippen molar-refractivity contribution >= 4 is 35.2 Å². The molecule has 0 aliphatic rings. The highest BCUT2D eigenvalue weighted by molar-refractivity contribution is 6.32. The fourth-order valence-corrected chi connectivity index (χ4v) is 3.32. The van der Waals surface area contributed by atoms with Gasteiger partial charge in [0.2, 0.25) is 0 Å². The Morgan fingerprint density at radius 1 is 1.06 bits per heavy atom. The van der Waals surface area contributed by atoms with Crippen molar-refractivity contribution in [2.24, 2.45) is 0 Å². The molecule has 0 saturated heterocycles. The number of hydrogen-bond donors (Lipinski definition) is 1. The minimum Gasteiger partial charge on any atom is -0.545 e. The summed E-state index contributed by atoms with van der Waals surface area (Å²) in [5.74, 6) is -0.662. The molecule has 0 radical (unpaired) electrons. The van der Waals surface area contributed by atoms with E-state index in [0.717, 1.165) is 0 Å². The second kappa shape index (κ2) is 11.6. The first-order chi connectivity index (χ1) is 16.8. The van der Waals surface area contributed by atoms with Gasteiger partial charge >= 0.3 is 0 Å². The topological polar surface area (TPSA) is 121 Å². The molecule has 0 bridgehead atoms. The molecule has 0 aliphatic heterocycles. The molecule has 9 heteroatoms. The third-order valence-electron chi connectivity index (χ3n) is 4.85. The van der Waals surface area contributed by atoms with Crippen LogP contribution in [0, 0.1) is 11.3 Å². The fraction of sp³-hybridized carbons (Fsp3) is 0.115. The number of amides is 1. The summed E-state index contributed by atoms with van der Waals surface area (Å²) in [6.07, 6.45) is 1.38. The second-order valence-corrected chi connectivity index (χ2v) is 7.57. The molecule has 0 fully saturated rings. The standard InChI is InChI=1S/C26H21ClN2O6/c1-33-21-9-7-20(8-10-21)29-25(30)19(14-28)11-17-12-22(27)24(23(13-17)34-2)35-15-16-3-5-18(6-4-16)26(31)32/h3-13H,15H2,1-2H3,(H,29,30)(H,31,32)/p-1/b19-11+. The van der Waals surface area contributed by atoms with E-state index in [2.05, 4.69) is 5.32 Å². The summed E-state index contributed by atoms with van der Waals surface area (Å²) in [6.45, 7) is 0.103. The number of benzene rings is 3. The molecule has 0 heterocycles. The van der Waals surface area contributed by atoms with E-state index in [1.165, 1.54) is 38.5 Å². The first kappa shape index (κ1) is 25.1. The number of methoxy groups -OCH3 is 2. The summed E-state index contributed by atoms with van der Waals surface area (Å²) >= 11 is 6.40. The van der Waals surface area contributed by atoms with E-state index in [9.17, 15) is 20.0 Å². The molecule has 1 N–H and O–H groups in total. The lowest BCUT2D eigenvalue weighted by atomic mass is 10.1. The van der Waals surface area contributed by atoms with Crippen molar-refractivity contribution in [2.45, 2.75) is 6.61 Å². The maximum Gasteiger partial charge on any atom is 0.266 e. The molecule has 0 aliphatic carbocycles. The molecular weight excluding hydrogens is 472 g/mol. The molecule has 3 rings (SSSR count). The largest absolute Gasteiger partial charge is 0.545 e. The van der Waals surface area contributed by atoms with Crippen molar-refractivity contribution in [1.82, 2.24) is 0 Å². The predicted molar refractivity (Wildman–Crippen MR) is 128 cm³/mol. The van der Waals surface area contributed by atoms with Gasteiger partial charge in [-0.25, -0.2) is 0 Å². The number of carbonyl (C=O) groups is 2. The molecule has 0 spiro atoms. The zero-order valence-electron chi connectivity index (χ0n) is 18.8. The van der Waals surface area contributed by atoms with Crippen LogP contribution >= 0.6 is 11.6 Å². The van der Waals surface area contributed by atoms with Crippen LogP contribution in [-0.2, 0) is 11.4 Å². The van der Waals surface area contributed by atoms with E-state index >= 15 is 0 Å². The SMILES string of the molecule is COc1ccc(NC(=O)/C(C#N)=C/c2cc(Cl)c(OCc3ccc(C(=O)[O-])cc3)c(OC)c2)cc1. The van der Waals surface area contributed by atoms with Crippen molar-refractivity contribution < 1.29 is 28.9 Å². The molecule has 0 saturated carbocycles. The third kappa shape index (κ3) is 6.53. The van der Waals surface area contributed by atoms with Crippen LogP contribution in [-0.4, -0.2) is 26.1 Å². The van der Waals surface area contributed by atoms with E-state index in [1.54, 1.807) is 42.5 Å². The van der Waals surface area contributed by atoms with E-state index in [0.29, 0.717) is 28.3 Å². The number of nitrogens with zero attached hydrogens (tertiary/aromatic N) is 1. The normalized spacial score (nSPS) is 10.7. The lowest BCUT2D eigenvalue weighted by Crippen LogP contribution is -2.22. The molecule has 178 valence electrons. The van der Waals surface area contributed by atoms with Crippen molar-refractivity contribution in [3.63, 3.8) is 0 Å². The maximum atomic E-state index is 12.6. The Kier molecular flexibility index (Phi) is 8.33. The Labute approximate surface area is 206 Å². The van der Waals surface area contributed by atoms with Gasteiger partial charge in [0.05, 0.1) is 25.2 Å². The lowest BCUT2D eigenvalue weighted by Gasteiger charge is -2.14. The maximum absolute atomic E-state index is 12.6. The van der Waals surface area contributed by atoms with Gasteiger partial charge in [0.25, 0.3) is 5.91 Å². The van der Waals surface area contributed by atoms with Gasteiger partial charge in [-0.05, 0) is 59.2 Å². The molecular formula is C26H20ClN2O6-. The predicted octanol–water partition coefficient (Wildman–Crippen LogP) is 3.85. The Hall–Kier alpha value is -4.48. The van der Waals surface area contributed by atoms with Crippen molar-refractivity contribution in [1.29, 1.82) is 5.26 Å². The highest BCUT2D eigenvalue weighted by Crippen LogP contribution is 2.37. The summed E-state index contributed by atoms with van der Waals surface area (Å²) in [4.78, 5) is 23.4. The number of anilines is 1. The van der Waals surface area contributed by atoms with Gasteiger partial charge in [0.1, 0.15) is 24.0 Å². The van der Waals surface area contributed by atoms with Crippen LogP contribution in [0.5, 0.6) is 17.2 Å². The average Bonchev–Trinajstić information content (AvgIpc) is 2.86. The number of nitrogens with one attached hydrogen (secondary N) is 1. The van der Waals surface area contributed by atoms with Crippen LogP contribution in [0.25, 0.3) is 6.08 Å². The summed E-state index contributed by atoms with van der Waals surface area (Å²) in [5, 5.41) is 23.2. The van der Waals surface area contributed by atoms with Crippen molar-refractivity contribution in [3.8, 4) is 23.3 Å². The van der Waals surface area contributed by atoms with Crippen LogP contribution in [0.2, 0.25) is 5.02 Å². The molecule has 0 unspecified atom stereocenters. The number of halogens is 1. The third-order valence-corrected chi connectivity index (χ3v) is 5.13. The molecule has 0 aromatic heterocycles. The molecule has 3 aromatic carbocycles. The number of aromatic carboxylic acids is 1. The van der Waals surface area contributed by atoms with Crippen LogP contribution in [0.1, 0.15) is 21.5 Å². The van der Waals surface area contributed by atoms with E-state index < -0.39 is 11.9 Å². The van der Waals surface area contributed by atoms with Crippen LogP contribution in [0.15, 0.2) is 66.2 Å². The monoisotopic (exact) mass is 491 g/mol. The molecule has 3 aromatic rings. The van der Waals surface area contributed by atoms with Gasteiger partial charge in [-0.1, -0.05) is 35.9 Å². The van der Waals surface area contributed by atoms with E-state index in [-0.39, 0.29) is 28.5 Å². The van der Waals surface area contributed by atoms with Gasteiger partial charge in [-0.2, -0.15) is 5.26 Å². The van der Waals surface area contributed by atoms with Crippen molar-refractivity contribution in [2.75, 3.05) is 19.5 Å². The molecule has 1 amide bonds. The minimum absolute atomic E-state index is 0.0600. The summed E-state index contributed by atoms with van der Waals surface area (Å²) in [7, 11) is 2.97. The van der Waals surface area contributed by atoms with Crippen molar-refractivity contribution in [3.05, 3.63) is 87.9 Å². The summed E-state index contributed by atoms with van der Waals surface area (Å²) in [6, 6.07) is 17.7. The number of carbonyl (C=O) groups excluding carboxylic acids is 2. The van der Waals surface area contributed by atoms with Gasteiger partial charge < -0.3 is 29.4 Å². The van der Waals surface area contributed by atoms with Gasteiger partial charge in [-0.3, -0.25) is 4.79 Å². The van der Waals surface area contributed by atoms with E-state index in [4.69, 9.17) is 25.8 Å². The zero-order chi connectivity index (χ0) is 25.4. The Bertz CT molecular complexity index is 1300. The Morgan fingerprint density at radius 2 is 1.74 bits per heavy atom. The van der Waals surface area contributed by atoms with Gasteiger partial charge in [-0.15, -0.1) is 0 Å². The summed E-state index contributed by atoms with van der Waals surface area (Å²) < 4.78 is 16.2. The quantitative estimate of drug-likeness (QED) is 0.356. The highest BCUT2D eigenvalue weighted by atomic mass is 35.5. The van der Waals surface area contributed by atoms with Gasteiger partial charge in [0, 0.05) is 5.69 Å². The van der Waals surface area contributed by atoms with Gasteiger partial charge in [0.15, 0.2) is 11.5 Å². The average molecular weight is 492 g/mol. The van der Waals surface area contributed by atoms with Crippen LogP contribution < -0.4 is 24.6 Å². The number of ether oxygens (including phenoxy) is 3. The van der Waals surface area contributed by atoms with Crippen LogP contribution in [0.3, 0.4) is 0 Å². The molecule has 0 atom stereocenters. The first-order valence-corrected chi connectivity index (χ1v) is 10.6. The zero-order valence-corrected chi connectivity index (χ0v) is 19.6. The van der Waals surface area contributed by atoms with E-state index in [1.807, 2.05) is 6.07 Å². The highest BCUT2D eigenvalue weighted by Gasteiger charge is 2.15. The van der Waals surface area contributed by atoms with Crippen LogP contribution in [0.4, 0.5) is 5.69 Å². The Balaban J connectivity index is 1.77. The number of nitriles is 1. The molecule has 8 nitrogen and oxygen atoms in total. The smallest absolute Gasteiger partial charge is 0.266 e. The molecule has 35 heavy (non-hydrogen) atoms. The summed E-state index contributed by atoms with van der Waals surface area (Å²) in [5.41, 5.74) is 1.59. The fourth-order valence-electron chi connectivity index (χ4n) is 3.04. The number of rotatable bonds is 9. The second-order valence-electron chi connectivity index (χ2n) is 7.16.